The Hall–Kier alpha value is -11.8. The summed E-state index contributed by atoms with van der Waals surface area (Å²) in [5.74, 6) is 2.44. The first kappa shape index (κ1) is 101. The van der Waals surface area contributed by atoms with Crippen molar-refractivity contribution in [2.45, 2.75) is 80.4 Å². The van der Waals surface area contributed by atoms with Crippen molar-refractivity contribution in [3.05, 3.63) is 313 Å². The van der Waals surface area contributed by atoms with Gasteiger partial charge in [0.1, 0.15) is 75.6 Å². The molecule has 126 heavy (non-hydrogen) atoms. The van der Waals surface area contributed by atoms with Crippen LogP contribution in [0.15, 0.2) is 291 Å². The Morgan fingerprint density at radius 1 is 0.349 bits per heavy atom. The van der Waals surface area contributed by atoms with Crippen LogP contribution in [0.5, 0.6) is 46.0 Å². The van der Waals surface area contributed by atoms with Crippen molar-refractivity contribution in [1.82, 2.24) is 0 Å². The number of benzene rings is 12. The zero-order valence-corrected chi connectivity index (χ0v) is 79.4. The molecule has 0 aliphatic heterocycles. The fourth-order valence-electron chi connectivity index (χ4n) is 12.3. The molecule has 0 heterocycles. The van der Waals surface area contributed by atoms with Gasteiger partial charge in [-0.05, 0) is 282 Å². The van der Waals surface area contributed by atoms with E-state index in [0.29, 0.717) is 28.6 Å². The molecule has 12 rings (SSSR count). The monoisotopic (exact) mass is 1860 g/mol. The number of esters is 2. The van der Waals surface area contributed by atoms with Gasteiger partial charge in [-0.3, -0.25) is 32.0 Å². The summed E-state index contributed by atoms with van der Waals surface area (Å²) in [6, 6.07) is 89.6. The van der Waals surface area contributed by atoms with Crippen molar-refractivity contribution in [2.24, 2.45) is 0 Å². The number of carboxylic acid groups (broad SMARTS) is 2. The minimum Gasteiger partial charge on any atom is -0.548 e. The van der Waals surface area contributed by atoms with E-state index in [2.05, 4.69) is 20.7 Å². The summed E-state index contributed by atoms with van der Waals surface area (Å²) in [7, 11) is -14.4. The molecule has 0 saturated heterocycles. The molecule has 24 nitrogen and oxygen atoms in total. The Bertz CT molecular complexity index is 5960. The van der Waals surface area contributed by atoms with Crippen LogP contribution in [0.3, 0.4) is 0 Å². The number of halogens is 1. The molecule has 0 radical (unpaired) electrons. The molecule has 0 aliphatic carbocycles. The Labute approximate surface area is 769 Å². The number of aliphatic carboxylic acids is 2. The molecule has 0 amide bonds. The standard InChI is InChI=1S/C26H29NO5S.2C22H21NO5S.C20H19NO3S.C6H11BrO2.Na/c1-19-17-21(27(33(5,29)30)18-25(28)32-26(2,3)4)13-16-24(19)20-11-14-23(15-12-20)31-22-9-7-6-8-10-22;2*1-16-14-18(23(15-22(24)25)29(2,26)27)10-13-21(16)17-8-11-20(12-9-17)28-19-6-4-3-5-7-19;1-15-14-17(21-25(2,22)23)10-13-20(15)16-8-11-19(12-9-16)24-18-6-4-3-5-7-18;1-6(2,3)9-5(8)4-7;/h6-17H,18H2,1-5H3;2*3-14H,15H2,1-2H3,(H,24,25);3-14,21H,1-2H3;4H2,1-3H3;/q;;;;;+1/p-1. The van der Waals surface area contributed by atoms with E-state index in [1.807, 2.05) is 285 Å². The number of carboxylic acids is 2. The summed E-state index contributed by atoms with van der Waals surface area (Å²) < 4.78 is 134. The summed E-state index contributed by atoms with van der Waals surface area (Å²) in [5.41, 5.74) is 11.7. The molecular weight excluding hydrogens is 1760 g/mol. The van der Waals surface area contributed by atoms with E-state index in [1.165, 1.54) is 0 Å². The number of hydrogen-bond acceptors (Lipinski definition) is 19. The average molecular weight is 1860 g/mol. The summed E-state index contributed by atoms with van der Waals surface area (Å²) in [5, 5.41) is 20.2. The normalized spacial score (nSPS) is 11.2. The van der Waals surface area contributed by atoms with Crippen LogP contribution in [0.4, 0.5) is 22.7 Å². The fourth-order valence-corrected chi connectivity index (χ4v) is 15.4. The quantitative estimate of drug-likeness (QED) is 0.0274. The maximum Gasteiger partial charge on any atom is 1.00 e. The molecule has 656 valence electrons. The van der Waals surface area contributed by atoms with Crippen LogP contribution in [0.2, 0.25) is 0 Å². The number of sulfonamides is 4. The number of rotatable bonds is 27. The van der Waals surface area contributed by atoms with E-state index in [0.717, 1.165) is 139 Å². The molecule has 0 spiro atoms. The Balaban J connectivity index is 0.000000223. The Morgan fingerprint density at radius 3 is 0.817 bits per heavy atom. The van der Waals surface area contributed by atoms with Crippen LogP contribution in [-0.4, -0.2) is 124 Å². The zero-order chi connectivity index (χ0) is 91.6. The topological polar surface area (TPSA) is 325 Å². The number of nitrogens with zero attached hydrogens (tertiary/aromatic N) is 3. The fraction of sp³-hybridized carbons (Fsp3) is 0.208. The van der Waals surface area contributed by atoms with Gasteiger partial charge in [0, 0.05) is 5.69 Å². The minimum absolute atomic E-state index is 0. The molecular formula is C96H100BrN4NaO20S4. The van der Waals surface area contributed by atoms with Gasteiger partial charge in [0.25, 0.3) is 0 Å². The molecule has 0 fully saturated rings. The Kier molecular flexibility index (Phi) is 36.9. The van der Waals surface area contributed by atoms with E-state index in [1.54, 1.807) is 75.4 Å². The number of anilines is 4. The van der Waals surface area contributed by atoms with Gasteiger partial charge in [-0.1, -0.05) is 162 Å². The third-order valence-electron chi connectivity index (χ3n) is 17.6. The minimum atomic E-state index is -3.75. The smallest absolute Gasteiger partial charge is 0.548 e. The molecule has 2 N–H and O–H groups in total. The van der Waals surface area contributed by atoms with Gasteiger partial charge in [0.2, 0.25) is 40.1 Å². The average Bonchev–Trinajstić information content (AvgIpc) is 0.810. The Morgan fingerprint density at radius 2 is 0.595 bits per heavy atom. The number of ether oxygens (including phenoxy) is 6. The second-order valence-corrected chi connectivity index (χ2v) is 38.6. The number of alkyl halides is 1. The van der Waals surface area contributed by atoms with Gasteiger partial charge in [-0.15, -0.1) is 0 Å². The van der Waals surface area contributed by atoms with Crippen LogP contribution >= 0.6 is 15.9 Å². The van der Waals surface area contributed by atoms with Crippen LogP contribution in [-0.2, 0) is 68.7 Å². The number of hydrogen-bond donors (Lipinski definition) is 2. The van der Waals surface area contributed by atoms with Crippen molar-refractivity contribution in [3.63, 3.8) is 0 Å². The summed E-state index contributed by atoms with van der Waals surface area (Å²) in [6.07, 6.45) is 4.17. The number of carbonyl (C=O) groups is 4. The van der Waals surface area contributed by atoms with Gasteiger partial charge in [-0.25, -0.2) is 33.7 Å². The van der Waals surface area contributed by atoms with Crippen LogP contribution in [0.1, 0.15) is 63.8 Å². The van der Waals surface area contributed by atoms with E-state index in [-0.39, 0.29) is 58.7 Å². The van der Waals surface area contributed by atoms with E-state index >= 15 is 0 Å². The predicted octanol–water partition coefficient (Wildman–Crippen LogP) is 16.4. The van der Waals surface area contributed by atoms with Crippen molar-refractivity contribution >= 4 is 103 Å². The second-order valence-electron chi connectivity index (χ2n) is 30.5. The van der Waals surface area contributed by atoms with Gasteiger partial charge in [0.15, 0.2) is 0 Å². The first-order chi connectivity index (χ1) is 58.8. The first-order valence-electron chi connectivity index (χ1n) is 38.8. The summed E-state index contributed by atoms with van der Waals surface area (Å²) in [6.45, 7) is 16.6. The third-order valence-corrected chi connectivity index (χ3v) is 22.1. The molecule has 12 aromatic rings. The number of aryl methyl sites for hydroxylation is 4. The number of para-hydroxylation sites is 4. The first-order valence-corrected chi connectivity index (χ1v) is 47.4. The second kappa shape index (κ2) is 45.9. The molecule has 0 atom stereocenters. The maximum absolute atomic E-state index is 12.4. The predicted molar refractivity (Wildman–Crippen MR) is 496 cm³/mol. The number of nitrogens with one attached hydrogen (secondary N) is 1. The van der Waals surface area contributed by atoms with Crippen molar-refractivity contribution in [1.29, 1.82) is 0 Å². The van der Waals surface area contributed by atoms with Crippen molar-refractivity contribution < 1.29 is 121 Å². The maximum atomic E-state index is 12.4. The van der Waals surface area contributed by atoms with Crippen LogP contribution in [0.25, 0.3) is 44.5 Å². The SMILES string of the molecule is CC(C)(C)OC(=O)CBr.Cc1cc(N(CC(=O)O)S(C)(=O)=O)ccc1-c1ccc(Oc2ccccc2)cc1.Cc1cc(N(CC(=O)OC(C)(C)C)S(C)(=O)=O)ccc1-c1ccc(Oc2ccccc2)cc1.Cc1cc(N(CC(=O)[O-])S(C)(=O)=O)ccc1-c1ccc(Oc2ccccc2)cc1.Cc1cc(NS(C)(=O)=O)ccc1-c1ccc(Oc2ccccc2)cc1.[Na+]. The van der Waals surface area contributed by atoms with Crippen molar-refractivity contribution in [2.75, 3.05) is 67.6 Å². The largest absolute Gasteiger partial charge is 1.00 e. The summed E-state index contributed by atoms with van der Waals surface area (Å²) in [4.78, 5) is 44.8. The van der Waals surface area contributed by atoms with Crippen LogP contribution in [0, 0.1) is 27.7 Å². The number of carbonyl (C=O) groups excluding carboxylic acids is 3. The molecule has 12 aromatic carbocycles. The summed E-state index contributed by atoms with van der Waals surface area (Å²) >= 11 is 2.99. The van der Waals surface area contributed by atoms with E-state index in [9.17, 15) is 58.0 Å². The van der Waals surface area contributed by atoms with Gasteiger partial charge >= 0.3 is 47.5 Å². The third kappa shape index (κ3) is 33.6. The van der Waals surface area contributed by atoms with Gasteiger partial charge in [0.05, 0.1) is 54.6 Å². The zero-order valence-electron chi connectivity index (χ0n) is 72.6. The molecule has 0 unspecified atom stereocenters. The molecule has 0 aliphatic rings. The van der Waals surface area contributed by atoms with Gasteiger partial charge in [-0.2, -0.15) is 0 Å². The van der Waals surface area contributed by atoms with Gasteiger partial charge < -0.3 is 43.4 Å². The van der Waals surface area contributed by atoms with Crippen molar-refractivity contribution in [3.8, 4) is 90.5 Å². The molecule has 0 saturated carbocycles. The molecule has 0 bridgehead atoms. The molecule has 0 aromatic heterocycles. The molecule has 30 heteroatoms. The van der Waals surface area contributed by atoms with E-state index < -0.39 is 76.7 Å². The van der Waals surface area contributed by atoms with E-state index in [4.69, 9.17) is 33.5 Å². The van der Waals surface area contributed by atoms with Crippen LogP contribution < -0.4 is 71.2 Å².